The molecular formula is C9H4ClF4N3O2S. The molecule has 0 saturated carbocycles. The molecule has 20 heavy (non-hydrogen) atoms. The largest absolute Gasteiger partial charge is 0.416 e. The third-order valence-electron chi connectivity index (χ3n) is 2.23. The highest BCUT2D eigenvalue weighted by molar-refractivity contribution is 8.13. The third kappa shape index (κ3) is 2.90. The lowest BCUT2D eigenvalue weighted by molar-refractivity contribution is -0.137. The lowest BCUT2D eigenvalue weighted by atomic mass is 10.1. The van der Waals surface area contributed by atoms with Gasteiger partial charge >= 0.3 is 6.18 Å². The predicted octanol–water partition coefficient (Wildman–Crippen LogP) is 2.56. The second kappa shape index (κ2) is 4.70. The number of alkyl halides is 3. The lowest BCUT2D eigenvalue weighted by Crippen LogP contribution is -2.05. The molecule has 1 aromatic heterocycles. The van der Waals surface area contributed by atoms with Gasteiger partial charge in [0.05, 0.1) is 11.1 Å². The molecule has 0 fully saturated rings. The summed E-state index contributed by atoms with van der Waals surface area (Å²) in [5, 5.41) is 4.44. The van der Waals surface area contributed by atoms with Gasteiger partial charge < -0.3 is 0 Å². The van der Waals surface area contributed by atoms with Crippen molar-refractivity contribution in [2.45, 2.75) is 11.3 Å². The van der Waals surface area contributed by atoms with Crippen molar-refractivity contribution in [3.05, 3.63) is 29.6 Å². The first-order valence-corrected chi connectivity index (χ1v) is 7.14. The van der Waals surface area contributed by atoms with Crippen LogP contribution in [0.1, 0.15) is 5.56 Å². The zero-order chi connectivity index (χ0) is 15.1. The second-order valence-corrected chi connectivity index (χ2v) is 6.08. The first-order chi connectivity index (χ1) is 9.09. The minimum absolute atomic E-state index is 0.475. The van der Waals surface area contributed by atoms with E-state index in [1.165, 1.54) is 0 Å². The van der Waals surface area contributed by atoms with E-state index in [4.69, 9.17) is 10.7 Å². The van der Waals surface area contributed by atoms with Gasteiger partial charge in [-0.25, -0.2) is 17.9 Å². The van der Waals surface area contributed by atoms with Crippen LogP contribution in [0.2, 0.25) is 0 Å². The summed E-state index contributed by atoms with van der Waals surface area (Å²) in [4.78, 5) is 3.34. The SMILES string of the molecule is O=S(=O)(Cl)c1nc(-c2cc(C(F)(F)F)ccc2F)n[nH]1. The van der Waals surface area contributed by atoms with E-state index in [-0.39, 0.29) is 0 Å². The van der Waals surface area contributed by atoms with Gasteiger partial charge in [-0.3, -0.25) is 0 Å². The van der Waals surface area contributed by atoms with Crippen LogP contribution >= 0.6 is 10.7 Å². The summed E-state index contributed by atoms with van der Waals surface area (Å²) < 4.78 is 73.0. The van der Waals surface area contributed by atoms with Gasteiger partial charge in [-0.2, -0.15) is 23.3 Å². The van der Waals surface area contributed by atoms with Gasteiger partial charge in [0.25, 0.3) is 14.2 Å². The molecule has 0 spiro atoms. The van der Waals surface area contributed by atoms with Crippen LogP contribution in [0.4, 0.5) is 17.6 Å². The molecule has 1 N–H and O–H groups in total. The van der Waals surface area contributed by atoms with Gasteiger partial charge in [0, 0.05) is 10.7 Å². The summed E-state index contributed by atoms with van der Waals surface area (Å²) in [6, 6.07) is 1.61. The van der Waals surface area contributed by atoms with E-state index in [0.717, 1.165) is 0 Å². The Labute approximate surface area is 114 Å². The zero-order valence-electron chi connectivity index (χ0n) is 9.24. The maximum Gasteiger partial charge on any atom is 0.416 e. The van der Waals surface area contributed by atoms with Crippen LogP contribution in [-0.2, 0) is 15.2 Å². The summed E-state index contributed by atoms with van der Waals surface area (Å²) in [7, 11) is 0.725. The van der Waals surface area contributed by atoms with Gasteiger partial charge in [0.1, 0.15) is 5.82 Å². The number of nitrogens with one attached hydrogen (secondary N) is 1. The molecule has 2 aromatic rings. The molecule has 108 valence electrons. The zero-order valence-corrected chi connectivity index (χ0v) is 10.8. The minimum atomic E-state index is -4.68. The van der Waals surface area contributed by atoms with E-state index >= 15 is 0 Å². The van der Waals surface area contributed by atoms with E-state index in [1.807, 2.05) is 5.10 Å². The van der Waals surface area contributed by atoms with Crippen LogP contribution in [0.3, 0.4) is 0 Å². The number of benzene rings is 1. The second-order valence-electron chi connectivity index (χ2n) is 3.59. The van der Waals surface area contributed by atoms with Gasteiger partial charge in [-0.1, -0.05) is 0 Å². The van der Waals surface area contributed by atoms with E-state index in [9.17, 15) is 26.0 Å². The van der Waals surface area contributed by atoms with Gasteiger partial charge in [-0.05, 0) is 18.2 Å². The van der Waals surface area contributed by atoms with E-state index < -0.39 is 43.2 Å². The van der Waals surface area contributed by atoms with E-state index in [0.29, 0.717) is 18.2 Å². The number of halogens is 5. The molecule has 11 heteroatoms. The Morgan fingerprint density at radius 2 is 1.90 bits per heavy atom. The highest BCUT2D eigenvalue weighted by atomic mass is 35.7. The lowest BCUT2D eigenvalue weighted by Gasteiger charge is -2.07. The number of hydrogen-bond donors (Lipinski definition) is 1. The van der Waals surface area contributed by atoms with Crippen LogP contribution < -0.4 is 0 Å². The fourth-order valence-corrected chi connectivity index (χ4v) is 1.91. The Morgan fingerprint density at radius 3 is 2.40 bits per heavy atom. The molecule has 0 aliphatic rings. The van der Waals surface area contributed by atoms with Gasteiger partial charge in [0.15, 0.2) is 5.82 Å². The molecule has 1 aromatic carbocycles. The van der Waals surface area contributed by atoms with E-state index in [1.54, 1.807) is 0 Å². The van der Waals surface area contributed by atoms with Crippen LogP contribution in [0, 0.1) is 5.82 Å². The summed E-state index contributed by atoms with van der Waals surface area (Å²) >= 11 is 0. The fraction of sp³-hybridized carbons (Fsp3) is 0.111. The van der Waals surface area contributed by atoms with Crippen molar-refractivity contribution < 1.29 is 26.0 Å². The Hall–Kier alpha value is -1.68. The highest BCUT2D eigenvalue weighted by Crippen LogP contribution is 2.32. The predicted molar refractivity (Wildman–Crippen MR) is 59.8 cm³/mol. The summed E-state index contributed by atoms with van der Waals surface area (Å²) in [6.45, 7) is 0. The molecule has 0 unspecified atom stereocenters. The highest BCUT2D eigenvalue weighted by Gasteiger charge is 2.32. The van der Waals surface area contributed by atoms with Crippen molar-refractivity contribution in [2.24, 2.45) is 0 Å². The quantitative estimate of drug-likeness (QED) is 0.678. The number of H-pyrrole nitrogens is 1. The molecule has 0 radical (unpaired) electrons. The molecule has 2 rings (SSSR count). The summed E-state index contributed by atoms with van der Waals surface area (Å²) in [5.41, 5.74) is -1.71. The number of nitrogens with zero attached hydrogens (tertiary/aromatic N) is 2. The Morgan fingerprint density at radius 1 is 1.25 bits per heavy atom. The average molecular weight is 330 g/mol. The topological polar surface area (TPSA) is 75.7 Å². The molecule has 0 saturated heterocycles. The minimum Gasteiger partial charge on any atom is -0.248 e. The maximum absolute atomic E-state index is 13.5. The van der Waals surface area contributed by atoms with Crippen molar-refractivity contribution in [3.8, 4) is 11.4 Å². The van der Waals surface area contributed by atoms with Crippen LogP contribution in [0.15, 0.2) is 23.4 Å². The van der Waals surface area contributed by atoms with Crippen molar-refractivity contribution in [2.75, 3.05) is 0 Å². The fourth-order valence-electron chi connectivity index (χ4n) is 1.35. The monoisotopic (exact) mass is 329 g/mol. The number of rotatable bonds is 2. The van der Waals surface area contributed by atoms with Gasteiger partial charge in [0.2, 0.25) is 0 Å². The molecule has 0 aliphatic carbocycles. The Balaban J connectivity index is 2.55. The Kier molecular flexibility index (Phi) is 3.46. The van der Waals surface area contributed by atoms with Crippen LogP contribution in [0.25, 0.3) is 11.4 Å². The molecule has 0 aliphatic heterocycles. The first-order valence-electron chi connectivity index (χ1n) is 4.83. The molecular weight excluding hydrogens is 326 g/mol. The Bertz CT molecular complexity index is 757. The average Bonchev–Trinajstić information content (AvgIpc) is 2.76. The standard InChI is InChI=1S/C9H4ClF4N3O2S/c10-20(18,19)8-15-7(16-17-8)5-3-4(9(12,13)14)1-2-6(5)11/h1-3H,(H,15,16,17). The van der Waals surface area contributed by atoms with E-state index in [2.05, 4.69) is 10.1 Å². The van der Waals surface area contributed by atoms with Crippen molar-refractivity contribution in [3.63, 3.8) is 0 Å². The third-order valence-corrected chi connectivity index (χ3v) is 3.31. The smallest absolute Gasteiger partial charge is 0.248 e. The molecule has 5 nitrogen and oxygen atoms in total. The molecule has 0 bridgehead atoms. The number of aromatic nitrogens is 3. The van der Waals surface area contributed by atoms with Crippen molar-refractivity contribution in [1.82, 2.24) is 15.2 Å². The number of hydrogen-bond acceptors (Lipinski definition) is 4. The van der Waals surface area contributed by atoms with Crippen LogP contribution in [0.5, 0.6) is 0 Å². The van der Waals surface area contributed by atoms with Gasteiger partial charge in [-0.15, -0.1) is 0 Å². The summed E-state index contributed by atoms with van der Waals surface area (Å²) in [6.07, 6.45) is -4.68. The van der Waals surface area contributed by atoms with Crippen molar-refractivity contribution in [1.29, 1.82) is 0 Å². The molecule has 0 atom stereocenters. The van der Waals surface area contributed by atoms with Crippen LogP contribution in [-0.4, -0.2) is 23.6 Å². The first kappa shape index (κ1) is 14.7. The maximum atomic E-state index is 13.5. The normalized spacial score (nSPS) is 12.7. The van der Waals surface area contributed by atoms with Crippen molar-refractivity contribution >= 4 is 19.7 Å². The number of aromatic amines is 1. The molecule has 0 amide bonds. The molecule has 1 heterocycles. The summed E-state index contributed by atoms with van der Waals surface area (Å²) in [5.74, 6) is -1.58.